The largest absolute Gasteiger partial charge is 0.356 e. The predicted molar refractivity (Wildman–Crippen MR) is 104 cm³/mol. The summed E-state index contributed by atoms with van der Waals surface area (Å²) in [6, 6.07) is 12.6. The first-order valence-corrected chi connectivity index (χ1v) is 10.8. The van der Waals surface area contributed by atoms with Crippen molar-refractivity contribution in [1.82, 2.24) is 14.8 Å². The molecule has 1 aromatic heterocycles. The summed E-state index contributed by atoms with van der Waals surface area (Å²) in [6.07, 6.45) is 2.50. The van der Waals surface area contributed by atoms with E-state index in [0.717, 1.165) is 61.1 Å². The molecule has 28 heavy (non-hydrogen) atoms. The first-order chi connectivity index (χ1) is 13.5. The second kappa shape index (κ2) is 7.98. The minimum absolute atomic E-state index is 0.0882. The highest BCUT2D eigenvalue weighted by Crippen LogP contribution is 2.20. The van der Waals surface area contributed by atoms with Crippen LogP contribution in [0.15, 0.2) is 57.9 Å². The van der Waals surface area contributed by atoms with Gasteiger partial charge in [-0.1, -0.05) is 17.3 Å². The van der Waals surface area contributed by atoms with Crippen molar-refractivity contribution in [3.05, 3.63) is 60.0 Å². The van der Waals surface area contributed by atoms with Crippen molar-refractivity contribution in [3.63, 3.8) is 0 Å². The van der Waals surface area contributed by atoms with Crippen LogP contribution < -0.4 is 4.72 Å². The molecule has 0 radical (unpaired) electrons. The van der Waals surface area contributed by atoms with Gasteiger partial charge in [0.25, 0.3) is 0 Å². The van der Waals surface area contributed by atoms with Crippen LogP contribution in [0.1, 0.15) is 18.5 Å². The first kappa shape index (κ1) is 19.0. The van der Waals surface area contributed by atoms with Crippen molar-refractivity contribution in [2.45, 2.75) is 30.2 Å². The molecule has 0 saturated carbocycles. The normalized spacial score (nSPS) is 18.1. The molecular formula is C20H22FN3O3S. The molecule has 1 N–H and O–H groups in total. The minimum Gasteiger partial charge on any atom is -0.356 e. The van der Waals surface area contributed by atoms with Gasteiger partial charge in [0.2, 0.25) is 10.0 Å². The molecule has 0 bridgehead atoms. The summed E-state index contributed by atoms with van der Waals surface area (Å²) >= 11 is 0. The molecule has 0 amide bonds. The van der Waals surface area contributed by atoms with Crippen molar-refractivity contribution in [3.8, 4) is 0 Å². The third-order valence-electron chi connectivity index (χ3n) is 5.06. The van der Waals surface area contributed by atoms with Crippen LogP contribution in [0.2, 0.25) is 0 Å². The predicted octanol–water partition coefficient (Wildman–Crippen LogP) is 2.95. The van der Waals surface area contributed by atoms with Crippen LogP contribution in [-0.4, -0.2) is 44.2 Å². The maximum absolute atomic E-state index is 13.0. The van der Waals surface area contributed by atoms with Crippen LogP contribution in [0.5, 0.6) is 0 Å². The number of rotatable bonds is 7. The molecule has 0 unspecified atom stereocenters. The Morgan fingerprint density at radius 3 is 2.79 bits per heavy atom. The maximum Gasteiger partial charge on any atom is 0.240 e. The molecule has 2 heterocycles. The highest BCUT2D eigenvalue weighted by Gasteiger charge is 2.27. The Hall–Kier alpha value is -2.29. The summed E-state index contributed by atoms with van der Waals surface area (Å²) in [5, 5.41) is 5.20. The Kier molecular flexibility index (Phi) is 5.43. The van der Waals surface area contributed by atoms with E-state index in [9.17, 15) is 12.8 Å². The summed E-state index contributed by atoms with van der Waals surface area (Å²) in [6.45, 7) is 2.38. The highest BCUT2D eigenvalue weighted by molar-refractivity contribution is 7.89. The van der Waals surface area contributed by atoms with Crippen LogP contribution in [0.3, 0.4) is 0 Å². The van der Waals surface area contributed by atoms with Gasteiger partial charge < -0.3 is 9.42 Å². The Labute approximate surface area is 163 Å². The van der Waals surface area contributed by atoms with Crippen LogP contribution >= 0.6 is 0 Å². The molecule has 1 saturated heterocycles. The van der Waals surface area contributed by atoms with Crippen molar-refractivity contribution in [2.24, 2.45) is 0 Å². The fourth-order valence-electron chi connectivity index (χ4n) is 3.62. The Balaban J connectivity index is 1.28. The minimum atomic E-state index is -3.63. The molecule has 0 spiro atoms. The number of aryl methyl sites for hydroxylation is 1. The van der Waals surface area contributed by atoms with E-state index in [-0.39, 0.29) is 10.9 Å². The zero-order chi connectivity index (χ0) is 19.6. The van der Waals surface area contributed by atoms with E-state index in [0.29, 0.717) is 6.54 Å². The van der Waals surface area contributed by atoms with Gasteiger partial charge in [-0.2, -0.15) is 0 Å². The lowest BCUT2D eigenvalue weighted by atomic mass is 10.1. The number of sulfonamides is 1. The van der Waals surface area contributed by atoms with Crippen LogP contribution in [0.25, 0.3) is 11.0 Å². The summed E-state index contributed by atoms with van der Waals surface area (Å²) in [5.41, 5.74) is 1.76. The van der Waals surface area contributed by atoms with Gasteiger partial charge in [-0.15, -0.1) is 0 Å². The summed E-state index contributed by atoms with van der Waals surface area (Å²) in [5.74, 6) is -0.453. The summed E-state index contributed by atoms with van der Waals surface area (Å²) in [4.78, 5) is 2.34. The van der Waals surface area contributed by atoms with Gasteiger partial charge in [0.15, 0.2) is 5.58 Å². The molecular weight excluding hydrogens is 381 g/mol. The smallest absolute Gasteiger partial charge is 0.240 e. The average Bonchev–Trinajstić information content (AvgIpc) is 3.29. The quantitative estimate of drug-likeness (QED) is 0.656. The average molecular weight is 403 g/mol. The maximum atomic E-state index is 13.0. The lowest BCUT2D eigenvalue weighted by Crippen LogP contribution is -2.37. The van der Waals surface area contributed by atoms with E-state index >= 15 is 0 Å². The monoisotopic (exact) mass is 403 g/mol. The third-order valence-corrected chi connectivity index (χ3v) is 6.59. The van der Waals surface area contributed by atoms with Gasteiger partial charge in [-0.3, -0.25) is 0 Å². The number of hydrogen-bond acceptors (Lipinski definition) is 5. The van der Waals surface area contributed by atoms with Crippen molar-refractivity contribution < 1.29 is 17.3 Å². The molecule has 1 fully saturated rings. The van der Waals surface area contributed by atoms with Crippen molar-refractivity contribution >= 4 is 21.0 Å². The van der Waals surface area contributed by atoms with Gasteiger partial charge >= 0.3 is 0 Å². The zero-order valence-corrected chi connectivity index (χ0v) is 16.2. The van der Waals surface area contributed by atoms with Gasteiger partial charge in [0.05, 0.1) is 10.6 Å². The molecule has 1 atom stereocenters. The van der Waals surface area contributed by atoms with Gasteiger partial charge in [-0.25, -0.2) is 17.5 Å². The fraction of sp³-hybridized carbons (Fsp3) is 0.350. The standard InChI is InChI=1S/C20H22FN3O3S/c21-15-7-9-17(10-8-15)28(25,26)23-16-11-13-24(14-16)12-3-5-19-18-4-1-2-6-20(18)27-22-19/h1-2,4,6-10,16,23H,3,5,11-14H2/t16-/m1/s1. The van der Waals surface area contributed by atoms with Crippen LogP contribution in [0.4, 0.5) is 4.39 Å². The summed E-state index contributed by atoms with van der Waals surface area (Å²) < 4.78 is 45.9. The Morgan fingerprint density at radius 2 is 1.96 bits per heavy atom. The Bertz CT molecular complexity index is 1050. The number of nitrogens with zero attached hydrogens (tertiary/aromatic N) is 2. The third kappa shape index (κ3) is 4.24. The van der Waals surface area contributed by atoms with Crippen LogP contribution in [-0.2, 0) is 16.4 Å². The van der Waals surface area contributed by atoms with Gasteiger partial charge in [0.1, 0.15) is 5.82 Å². The number of para-hydroxylation sites is 1. The lowest BCUT2D eigenvalue weighted by Gasteiger charge is -2.16. The van der Waals surface area contributed by atoms with E-state index < -0.39 is 15.8 Å². The van der Waals surface area contributed by atoms with Gasteiger partial charge in [-0.05, 0) is 68.8 Å². The van der Waals surface area contributed by atoms with E-state index in [1.54, 1.807) is 0 Å². The second-order valence-electron chi connectivity index (χ2n) is 7.09. The molecule has 8 heteroatoms. The SMILES string of the molecule is O=S(=O)(N[C@@H]1CCN(CCCc2noc3ccccc23)C1)c1ccc(F)cc1. The molecule has 1 aliphatic heterocycles. The Morgan fingerprint density at radius 1 is 1.18 bits per heavy atom. The number of nitrogens with one attached hydrogen (secondary N) is 1. The summed E-state index contributed by atoms with van der Waals surface area (Å²) in [7, 11) is -3.63. The lowest BCUT2D eigenvalue weighted by molar-refractivity contribution is 0.326. The topological polar surface area (TPSA) is 75.4 Å². The molecule has 4 rings (SSSR count). The number of halogens is 1. The van der Waals surface area contributed by atoms with E-state index in [2.05, 4.69) is 14.8 Å². The molecule has 3 aromatic rings. The van der Waals surface area contributed by atoms with Crippen LogP contribution in [0, 0.1) is 5.82 Å². The molecule has 148 valence electrons. The zero-order valence-electron chi connectivity index (χ0n) is 15.3. The molecule has 2 aromatic carbocycles. The van der Waals surface area contributed by atoms with Crippen molar-refractivity contribution in [1.29, 1.82) is 0 Å². The molecule has 0 aliphatic carbocycles. The number of hydrogen-bond donors (Lipinski definition) is 1. The second-order valence-corrected chi connectivity index (χ2v) is 8.80. The number of benzene rings is 2. The highest BCUT2D eigenvalue weighted by atomic mass is 32.2. The number of fused-ring (bicyclic) bond motifs is 1. The van der Waals surface area contributed by atoms with E-state index in [1.165, 1.54) is 12.1 Å². The van der Waals surface area contributed by atoms with E-state index in [4.69, 9.17) is 4.52 Å². The number of aromatic nitrogens is 1. The van der Waals surface area contributed by atoms with E-state index in [1.807, 2.05) is 24.3 Å². The number of likely N-dealkylation sites (tertiary alicyclic amines) is 1. The van der Waals surface area contributed by atoms with Crippen molar-refractivity contribution in [2.75, 3.05) is 19.6 Å². The first-order valence-electron chi connectivity index (χ1n) is 9.35. The van der Waals surface area contributed by atoms with Gasteiger partial charge in [0, 0.05) is 18.0 Å². The molecule has 6 nitrogen and oxygen atoms in total. The fourth-order valence-corrected chi connectivity index (χ4v) is 4.88. The molecule has 1 aliphatic rings.